The van der Waals surface area contributed by atoms with Gasteiger partial charge in [-0.05, 0) is 13.8 Å². The van der Waals surface area contributed by atoms with E-state index in [4.69, 9.17) is 0 Å². The van der Waals surface area contributed by atoms with Gasteiger partial charge in [0, 0.05) is 6.42 Å². The summed E-state index contributed by atoms with van der Waals surface area (Å²) in [6, 6.07) is 0. The van der Waals surface area contributed by atoms with Crippen molar-refractivity contribution in [1.82, 2.24) is 0 Å². The Balaban J connectivity index is 4.01. The fourth-order valence-electron chi connectivity index (χ4n) is 0.663. The van der Waals surface area contributed by atoms with Crippen molar-refractivity contribution >= 4 is 16.1 Å². The van der Waals surface area contributed by atoms with Crippen LogP contribution < -0.4 is 0 Å². The molecule has 0 unspecified atom stereocenters. The molecule has 0 aromatic heterocycles. The molecule has 0 rings (SSSR count). The number of rotatable bonds is 6. The van der Waals surface area contributed by atoms with Crippen molar-refractivity contribution in [3.05, 3.63) is 0 Å². The van der Waals surface area contributed by atoms with E-state index in [0.29, 0.717) is 0 Å². The predicted molar refractivity (Wildman–Crippen MR) is 52.7 cm³/mol. The van der Waals surface area contributed by atoms with Crippen LogP contribution in [0, 0.1) is 0 Å². The van der Waals surface area contributed by atoms with Crippen molar-refractivity contribution in [3.63, 3.8) is 0 Å². The van der Waals surface area contributed by atoms with E-state index in [9.17, 15) is 18.3 Å². The monoisotopic (exact) mass is 240 g/mol. The summed E-state index contributed by atoms with van der Waals surface area (Å²) < 4.78 is 30.8. The zero-order valence-corrected chi connectivity index (χ0v) is 9.83. The fourth-order valence-corrected chi connectivity index (χ4v) is 1.49. The number of ether oxygens (including phenoxy) is 1. The molecule has 6 nitrogen and oxygen atoms in total. The smallest absolute Gasteiger partial charge is 0.323 e. The number of carbonyl (C=O) groups is 1. The van der Waals surface area contributed by atoms with Crippen LogP contribution in [0.2, 0.25) is 0 Å². The molecule has 0 fully saturated rings. The van der Waals surface area contributed by atoms with Crippen LogP contribution in [0.15, 0.2) is 0 Å². The second-order valence-electron chi connectivity index (χ2n) is 3.66. The molecule has 0 saturated carbocycles. The normalized spacial score (nSPS) is 12.5. The SMILES string of the molecule is COC(=O)CS(=O)(=O)OCCC(C)(C)O. The predicted octanol–water partition coefficient (Wildman–Crippen LogP) is -0.333. The first-order valence-corrected chi connectivity index (χ1v) is 5.90. The number of hydrogen-bond acceptors (Lipinski definition) is 6. The van der Waals surface area contributed by atoms with Crippen LogP contribution in [-0.4, -0.2) is 44.6 Å². The van der Waals surface area contributed by atoms with E-state index in [1.807, 2.05) is 0 Å². The minimum absolute atomic E-state index is 0.160. The molecule has 0 aromatic carbocycles. The van der Waals surface area contributed by atoms with Crippen molar-refractivity contribution in [2.45, 2.75) is 25.9 Å². The Morgan fingerprint density at radius 2 is 1.93 bits per heavy atom. The maximum absolute atomic E-state index is 11.1. The van der Waals surface area contributed by atoms with Gasteiger partial charge < -0.3 is 9.84 Å². The van der Waals surface area contributed by atoms with Gasteiger partial charge in [-0.2, -0.15) is 8.42 Å². The molecule has 0 atom stereocenters. The Morgan fingerprint density at radius 1 is 1.40 bits per heavy atom. The van der Waals surface area contributed by atoms with E-state index < -0.39 is 27.4 Å². The highest BCUT2D eigenvalue weighted by Crippen LogP contribution is 2.08. The molecule has 15 heavy (non-hydrogen) atoms. The summed E-state index contributed by atoms with van der Waals surface area (Å²) >= 11 is 0. The second-order valence-corrected chi connectivity index (χ2v) is 5.30. The molecule has 0 radical (unpaired) electrons. The minimum Gasteiger partial charge on any atom is -0.468 e. The molecule has 0 aromatic rings. The van der Waals surface area contributed by atoms with Gasteiger partial charge in [-0.1, -0.05) is 0 Å². The van der Waals surface area contributed by atoms with Gasteiger partial charge in [0.05, 0.1) is 19.3 Å². The average Bonchev–Trinajstić information content (AvgIpc) is 2.00. The first kappa shape index (κ1) is 14.3. The van der Waals surface area contributed by atoms with Crippen LogP contribution in [0.1, 0.15) is 20.3 Å². The van der Waals surface area contributed by atoms with Crippen LogP contribution in [-0.2, 0) is 23.8 Å². The lowest BCUT2D eigenvalue weighted by Gasteiger charge is -2.16. The van der Waals surface area contributed by atoms with E-state index in [0.717, 1.165) is 7.11 Å². The molecule has 0 aliphatic rings. The van der Waals surface area contributed by atoms with E-state index in [-0.39, 0.29) is 13.0 Å². The third-order valence-corrected chi connectivity index (χ3v) is 2.61. The summed E-state index contributed by atoms with van der Waals surface area (Å²) in [6.45, 7) is 2.90. The van der Waals surface area contributed by atoms with Gasteiger partial charge >= 0.3 is 5.97 Å². The number of hydrogen-bond donors (Lipinski definition) is 1. The maximum atomic E-state index is 11.1. The number of carbonyl (C=O) groups excluding carboxylic acids is 1. The molecule has 0 amide bonds. The van der Waals surface area contributed by atoms with Gasteiger partial charge in [0.1, 0.15) is 0 Å². The van der Waals surface area contributed by atoms with E-state index in [2.05, 4.69) is 8.92 Å². The zero-order chi connectivity index (χ0) is 12.1. The highest BCUT2D eigenvalue weighted by molar-refractivity contribution is 7.87. The Hall–Kier alpha value is -0.660. The largest absolute Gasteiger partial charge is 0.468 e. The number of aliphatic hydroxyl groups is 1. The van der Waals surface area contributed by atoms with Gasteiger partial charge in [-0.3, -0.25) is 8.98 Å². The summed E-state index contributed by atoms with van der Waals surface area (Å²) in [5, 5.41) is 9.28. The molecule has 7 heteroatoms. The topological polar surface area (TPSA) is 89.9 Å². The molecule has 0 spiro atoms. The lowest BCUT2D eigenvalue weighted by atomic mass is 10.1. The molecule has 0 bridgehead atoms. The average molecular weight is 240 g/mol. The van der Waals surface area contributed by atoms with Crippen LogP contribution in [0.3, 0.4) is 0 Å². The quantitative estimate of drug-likeness (QED) is 0.505. The summed E-state index contributed by atoms with van der Waals surface area (Å²) in [5.74, 6) is -1.69. The number of esters is 1. The van der Waals surface area contributed by atoms with Crippen LogP contribution in [0.4, 0.5) is 0 Å². The van der Waals surface area contributed by atoms with Crippen LogP contribution >= 0.6 is 0 Å². The summed E-state index contributed by atoms with van der Waals surface area (Å²) in [4.78, 5) is 10.7. The summed E-state index contributed by atoms with van der Waals surface area (Å²) in [5.41, 5.74) is -0.999. The number of methoxy groups -OCH3 is 1. The van der Waals surface area contributed by atoms with Gasteiger partial charge in [0.2, 0.25) is 0 Å². The summed E-state index contributed by atoms with van der Waals surface area (Å²) in [7, 11) is -2.81. The van der Waals surface area contributed by atoms with Crippen molar-refractivity contribution in [2.75, 3.05) is 19.5 Å². The second kappa shape index (κ2) is 5.43. The fraction of sp³-hybridized carbons (Fsp3) is 0.875. The first-order chi connectivity index (χ1) is 6.66. The lowest BCUT2D eigenvalue weighted by molar-refractivity contribution is -0.137. The molecule has 1 N–H and O–H groups in total. The highest BCUT2D eigenvalue weighted by atomic mass is 32.2. The maximum Gasteiger partial charge on any atom is 0.323 e. The van der Waals surface area contributed by atoms with E-state index in [1.165, 1.54) is 13.8 Å². The summed E-state index contributed by atoms with van der Waals surface area (Å²) in [6.07, 6.45) is 0.160. The third-order valence-electron chi connectivity index (χ3n) is 1.50. The van der Waals surface area contributed by atoms with Crippen molar-refractivity contribution in [3.8, 4) is 0 Å². The van der Waals surface area contributed by atoms with E-state index in [1.54, 1.807) is 0 Å². The zero-order valence-electron chi connectivity index (χ0n) is 9.02. The molecule has 0 aliphatic heterocycles. The standard InChI is InChI=1S/C8H16O6S/c1-8(2,10)4-5-14-15(11,12)6-7(9)13-3/h10H,4-6H2,1-3H3. The van der Waals surface area contributed by atoms with Gasteiger partial charge in [-0.15, -0.1) is 0 Å². The van der Waals surface area contributed by atoms with Crippen molar-refractivity contribution in [1.29, 1.82) is 0 Å². The van der Waals surface area contributed by atoms with Crippen LogP contribution in [0.5, 0.6) is 0 Å². The molecule has 0 aliphatic carbocycles. The van der Waals surface area contributed by atoms with Gasteiger partial charge in [0.25, 0.3) is 10.1 Å². The lowest BCUT2D eigenvalue weighted by Crippen LogP contribution is -2.24. The van der Waals surface area contributed by atoms with Crippen LogP contribution in [0.25, 0.3) is 0 Å². The Morgan fingerprint density at radius 3 is 2.33 bits per heavy atom. The molecule has 0 heterocycles. The van der Waals surface area contributed by atoms with Crippen molar-refractivity contribution < 1.29 is 27.2 Å². The Bertz CT molecular complexity index is 300. The Kier molecular flexibility index (Phi) is 5.19. The first-order valence-electron chi connectivity index (χ1n) is 4.32. The van der Waals surface area contributed by atoms with Gasteiger partial charge in [0.15, 0.2) is 5.75 Å². The Labute approximate surface area is 89.3 Å². The highest BCUT2D eigenvalue weighted by Gasteiger charge is 2.20. The molecular weight excluding hydrogens is 224 g/mol. The molecule has 0 saturated heterocycles. The van der Waals surface area contributed by atoms with Crippen molar-refractivity contribution in [2.24, 2.45) is 0 Å². The third kappa shape index (κ3) is 8.34. The minimum atomic E-state index is -3.90. The van der Waals surface area contributed by atoms with Gasteiger partial charge in [-0.25, -0.2) is 0 Å². The molecule has 90 valence electrons. The van der Waals surface area contributed by atoms with E-state index >= 15 is 0 Å². The molecular formula is C8H16O6S.